The fraction of sp³-hybridized carbons (Fsp3) is 0.647. The van der Waals surface area contributed by atoms with Crippen molar-refractivity contribution in [2.75, 3.05) is 12.3 Å². The molecule has 1 spiro atoms. The number of rotatable bonds is 2. The van der Waals surface area contributed by atoms with E-state index in [4.69, 9.17) is 15.2 Å². The highest BCUT2D eigenvalue weighted by atomic mass is 16.5. The largest absolute Gasteiger partial charge is 0.488 e. The van der Waals surface area contributed by atoms with Gasteiger partial charge in [0.2, 0.25) is 0 Å². The Balaban J connectivity index is 1.68. The Labute approximate surface area is 121 Å². The fourth-order valence-corrected chi connectivity index (χ4v) is 3.58. The molecular weight excluding hydrogens is 250 g/mol. The van der Waals surface area contributed by atoms with Crippen molar-refractivity contribution in [1.29, 1.82) is 0 Å². The van der Waals surface area contributed by atoms with Gasteiger partial charge in [0, 0.05) is 12.8 Å². The first-order valence-electron chi connectivity index (χ1n) is 7.84. The second kappa shape index (κ2) is 5.65. The van der Waals surface area contributed by atoms with E-state index >= 15 is 0 Å². The second-order valence-corrected chi connectivity index (χ2v) is 6.37. The van der Waals surface area contributed by atoms with E-state index in [1.807, 2.05) is 19.1 Å². The summed E-state index contributed by atoms with van der Waals surface area (Å²) in [6.07, 6.45) is 8.54. The fourth-order valence-electron chi connectivity index (χ4n) is 3.58. The Kier molecular flexibility index (Phi) is 3.88. The summed E-state index contributed by atoms with van der Waals surface area (Å²) in [5, 5.41) is 0. The summed E-state index contributed by atoms with van der Waals surface area (Å²) in [6, 6.07) is 6.03. The van der Waals surface area contributed by atoms with Crippen molar-refractivity contribution in [2.24, 2.45) is 0 Å². The molecule has 0 radical (unpaired) electrons. The monoisotopic (exact) mass is 275 g/mol. The smallest absolute Gasteiger partial charge is 0.142 e. The van der Waals surface area contributed by atoms with Crippen LogP contribution in [0.2, 0.25) is 0 Å². The van der Waals surface area contributed by atoms with Crippen LogP contribution in [-0.2, 0) is 4.74 Å². The van der Waals surface area contributed by atoms with Crippen LogP contribution in [0.25, 0.3) is 0 Å². The maximum atomic E-state index is 6.16. The van der Waals surface area contributed by atoms with E-state index in [-0.39, 0.29) is 11.7 Å². The van der Waals surface area contributed by atoms with Gasteiger partial charge in [0.25, 0.3) is 0 Å². The molecule has 20 heavy (non-hydrogen) atoms. The van der Waals surface area contributed by atoms with E-state index in [0.717, 1.165) is 30.9 Å². The van der Waals surface area contributed by atoms with Crippen LogP contribution in [0.3, 0.4) is 0 Å². The first-order chi connectivity index (χ1) is 9.67. The van der Waals surface area contributed by atoms with E-state index in [0.29, 0.717) is 0 Å². The van der Waals surface area contributed by atoms with Crippen LogP contribution in [0.15, 0.2) is 18.2 Å². The highest BCUT2D eigenvalue weighted by Gasteiger charge is 2.39. The molecule has 3 heteroatoms. The first kappa shape index (κ1) is 13.7. The lowest BCUT2D eigenvalue weighted by atomic mass is 9.79. The van der Waals surface area contributed by atoms with E-state index in [9.17, 15) is 0 Å². The van der Waals surface area contributed by atoms with Crippen molar-refractivity contribution in [1.82, 2.24) is 0 Å². The second-order valence-electron chi connectivity index (χ2n) is 6.37. The number of benzene rings is 1. The van der Waals surface area contributed by atoms with Gasteiger partial charge in [-0.15, -0.1) is 0 Å². The van der Waals surface area contributed by atoms with Gasteiger partial charge in [-0.1, -0.05) is 25.3 Å². The zero-order valence-electron chi connectivity index (χ0n) is 12.4. The van der Waals surface area contributed by atoms with Crippen LogP contribution >= 0.6 is 0 Å². The molecule has 2 N–H and O–H groups in total. The normalized spacial score (nSPS) is 25.6. The summed E-state index contributed by atoms with van der Waals surface area (Å²) in [5.41, 5.74) is 8.05. The summed E-state index contributed by atoms with van der Waals surface area (Å²) >= 11 is 0. The third-order valence-electron chi connectivity index (χ3n) is 4.67. The van der Waals surface area contributed by atoms with Gasteiger partial charge < -0.3 is 15.2 Å². The predicted octanol–water partition coefficient (Wildman–Crippen LogP) is 3.84. The standard InChI is InChI=1S/C17H25NO2/c1-13-5-6-16(15(18)11-13)20-14-7-10-19-17(12-14)8-3-2-4-9-17/h5-6,11,14H,2-4,7-10,12,18H2,1H3. The van der Waals surface area contributed by atoms with Crippen LogP contribution in [-0.4, -0.2) is 18.3 Å². The molecule has 0 aromatic heterocycles. The van der Waals surface area contributed by atoms with E-state index in [1.54, 1.807) is 0 Å². The van der Waals surface area contributed by atoms with Gasteiger partial charge >= 0.3 is 0 Å². The molecule has 1 heterocycles. The lowest BCUT2D eigenvalue weighted by Crippen LogP contribution is -2.45. The van der Waals surface area contributed by atoms with Crippen LogP contribution < -0.4 is 10.5 Å². The third-order valence-corrected chi connectivity index (χ3v) is 4.67. The van der Waals surface area contributed by atoms with E-state index < -0.39 is 0 Å². The molecular formula is C17H25NO2. The molecule has 0 amide bonds. The molecule has 110 valence electrons. The Bertz CT molecular complexity index is 461. The summed E-state index contributed by atoms with van der Waals surface area (Å²) in [7, 11) is 0. The molecule has 1 saturated carbocycles. The molecule has 2 aliphatic rings. The van der Waals surface area contributed by atoms with Crippen molar-refractivity contribution in [2.45, 2.75) is 63.6 Å². The van der Waals surface area contributed by atoms with Crippen LogP contribution in [0.4, 0.5) is 5.69 Å². The number of nitrogen functional groups attached to an aromatic ring is 1. The molecule has 2 fully saturated rings. The predicted molar refractivity (Wildman–Crippen MR) is 81.0 cm³/mol. The van der Waals surface area contributed by atoms with Crippen molar-refractivity contribution < 1.29 is 9.47 Å². The molecule has 1 aliphatic heterocycles. The van der Waals surface area contributed by atoms with Gasteiger partial charge in [-0.05, 0) is 37.5 Å². The van der Waals surface area contributed by atoms with E-state index in [2.05, 4.69) is 6.07 Å². The number of nitrogens with two attached hydrogens (primary N) is 1. The minimum atomic E-state index is 0.0840. The lowest BCUT2D eigenvalue weighted by molar-refractivity contribution is -0.129. The zero-order chi connectivity index (χ0) is 14.0. The molecule has 3 rings (SSSR count). The van der Waals surface area contributed by atoms with Gasteiger partial charge in [-0.25, -0.2) is 0 Å². The number of anilines is 1. The molecule has 1 aliphatic carbocycles. The zero-order valence-corrected chi connectivity index (χ0v) is 12.4. The molecule has 1 saturated heterocycles. The van der Waals surface area contributed by atoms with Crippen LogP contribution in [0.5, 0.6) is 5.75 Å². The highest BCUT2D eigenvalue weighted by molar-refractivity contribution is 5.54. The van der Waals surface area contributed by atoms with Gasteiger partial charge in [-0.2, -0.15) is 0 Å². The minimum Gasteiger partial charge on any atom is -0.488 e. The maximum Gasteiger partial charge on any atom is 0.142 e. The van der Waals surface area contributed by atoms with Gasteiger partial charge in [0.05, 0.1) is 17.9 Å². The first-order valence-corrected chi connectivity index (χ1v) is 7.84. The van der Waals surface area contributed by atoms with Crippen LogP contribution in [0.1, 0.15) is 50.5 Å². The van der Waals surface area contributed by atoms with Crippen molar-refractivity contribution >= 4 is 5.69 Å². The van der Waals surface area contributed by atoms with Crippen molar-refractivity contribution in [3.63, 3.8) is 0 Å². The third kappa shape index (κ3) is 2.93. The summed E-state index contributed by atoms with van der Waals surface area (Å²) in [6.45, 7) is 2.86. The molecule has 1 aromatic carbocycles. The summed E-state index contributed by atoms with van der Waals surface area (Å²) in [4.78, 5) is 0. The Morgan fingerprint density at radius 3 is 2.80 bits per heavy atom. The Morgan fingerprint density at radius 1 is 1.25 bits per heavy atom. The maximum absolute atomic E-state index is 6.16. The lowest BCUT2D eigenvalue weighted by Gasteiger charge is -2.43. The van der Waals surface area contributed by atoms with Crippen molar-refractivity contribution in [3.05, 3.63) is 23.8 Å². The van der Waals surface area contributed by atoms with Gasteiger partial charge in [-0.3, -0.25) is 0 Å². The van der Waals surface area contributed by atoms with Gasteiger partial charge in [0.15, 0.2) is 0 Å². The average Bonchev–Trinajstić information content (AvgIpc) is 2.43. The van der Waals surface area contributed by atoms with Gasteiger partial charge in [0.1, 0.15) is 11.9 Å². The number of aryl methyl sites for hydroxylation is 1. The molecule has 3 nitrogen and oxygen atoms in total. The van der Waals surface area contributed by atoms with Crippen molar-refractivity contribution in [3.8, 4) is 5.75 Å². The van der Waals surface area contributed by atoms with Crippen LogP contribution in [0, 0.1) is 6.92 Å². The molecule has 0 bridgehead atoms. The Hall–Kier alpha value is -1.22. The highest BCUT2D eigenvalue weighted by Crippen LogP contribution is 2.40. The quantitative estimate of drug-likeness (QED) is 0.834. The summed E-state index contributed by atoms with van der Waals surface area (Å²) < 4.78 is 12.3. The number of hydrogen-bond acceptors (Lipinski definition) is 3. The summed E-state index contributed by atoms with van der Waals surface area (Å²) in [5.74, 6) is 0.827. The molecule has 1 unspecified atom stereocenters. The number of hydrogen-bond donors (Lipinski definition) is 1. The minimum absolute atomic E-state index is 0.0840. The Morgan fingerprint density at radius 2 is 2.05 bits per heavy atom. The topological polar surface area (TPSA) is 44.5 Å². The number of ether oxygens (including phenoxy) is 2. The molecule has 1 atom stereocenters. The molecule has 1 aromatic rings. The average molecular weight is 275 g/mol. The van der Waals surface area contributed by atoms with E-state index in [1.165, 1.54) is 37.7 Å². The SMILES string of the molecule is Cc1ccc(OC2CCOC3(CCCCC3)C2)c(N)c1.